The summed E-state index contributed by atoms with van der Waals surface area (Å²) in [5, 5.41) is 4.20. The minimum Gasteiger partial charge on any atom is -0.338 e. The van der Waals surface area contributed by atoms with E-state index in [9.17, 15) is 22.8 Å². The smallest absolute Gasteiger partial charge is 0.338 e. The van der Waals surface area contributed by atoms with Gasteiger partial charge < -0.3 is 9.88 Å². The Bertz CT molecular complexity index is 1180. The zero-order valence-corrected chi connectivity index (χ0v) is 16.5. The second-order valence-electron chi connectivity index (χ2n) is 7.54. The number of nitrogens with zero attached hydrogens (tertiary/aromatic N) is 4. The van der Waals surface area contributed by atoms with Crippen LogP contribution in [0.15, 0.2) is 29.2 Å². The third-order valence-corrected chi connectivity index (χ3v) is 5.62. The Kier molecular flexibility index (Phi) is 4.87. The molecule has 7 nitrogen and oxygen atoms in total. The van der Waals surface area contributed by atoms with Crippen molar-refractivity contribution in [2.45, 2.75) is 31.9 Å². The van der Waals surface area contributed by atoms with Gasteiger partial charge in [-0.3, -0.25) is 14.3 Å². The molecule has 0 unspecified atom stereocenters. The van der Waals surface area contributed by atoms with Crippen LogP contribution in [-0.2, 0) is 13.2 Å². The molecule has 0 radical (unpaired) electrons. The summed E-state index contributed by atoms with van der Waals surface area (Å²) in [6.45, 7) is 2.73. The van der Waals surface area contributed by atoms with Gasteiger partial charge in [0.2, 0.25) is 0 Å². The summed E-state index contributed by atoms with van der Waals surface area (Å²) in [4.78, 5) is 33.4. The number of hydrogen-bond donors (Lipinski definition) is 1. The number of aryl methyl sites for hydroxylation is 1. The van der Waals surface area contributed by atoms with Gasteiger partial charge in [0.25, 0.3) is 11.5 Å². The zero-order valence-electron chi connectivity index (χ0n) is 16.5. The Labute approximate surface area is 169 Å². The maximum Gasteiger partial charge on any atom is 0.433 e. The van der Waals surface area contributed by atoms with Crippen LogP contribution in [0.4, 0.5) is 13.2 Å². The number of aromatic nitrogens is 4. The van der Waals surface area contributed by atoms with E-state index in [2.05, 4.69) is 15.1 Å². The van der Waals surface area contributed by atoms with Gasteiger partial charge in [-0.05, 0) is 38.0 Å². The highest BCUT2D eigenvalue weighted by Crippen LogP contribution is 2.30. The molecule has 0 aliphatic carbocycles. The lowest BCUT2D eigenvalue weighted by Crippen LogP contribution is -2.39. The fourth-order valence-electron chi connectivity index (χ4n) is 3.83. The molecule has 0 saturated carbocycles. The topological polar surface area (TPSA) is 83.9 Å². The van der Waals surface area contributed by atoms with Crippen molar-refractivity contribution in [1.29, 1.82) is 0 Å². The van der Waals surface area contributed by atoms with Crippen molar-refractivity contribution in [3.8, 4) is 0 Å². The number of H-pyrrole nitrogens is 1. The number of carbonyl (C=O) groups excluding carboxylic acids is 1. The Hall–Kier alpha value is -3.17. The molecule has 3 aromatic heterocycles. The first kappa shape index (κ1) is 20.1. The average molecular weight is 419 g/mol. The fourth-order valence-corrected chi connectivity index (χ4v) is 3.83. The number of hydrogen-bond acceptors (Lipinski definition) is 4. The SMILES string of the molecule is Cc1c(C(=O)N2CCC[C@@H](c3cc4nc(C(F)(F)F)ccc4c(=O)[nH]3)C2)cnn1C. The Balaban J connectivity index is 1.65. The first-order valence-electron chi connectivity index (χ1n) is 9.54. The lowest BCUT2D eigenvalue weighted by Gasteiger charge is -2.32. The second kappa shape index (κ2) is 7.26. The summed E-state index contributed by atoms with van der Waals surface area (Å²) >= 11 is 0. The molecule has 1 saturated heterocycles. The average Bonchev–Trinajstić information content (AvgIpc) is 3.05. The van der Waals surface area contributed by atoms with Crippen LogP contribution in [0.25, 0.3) is 10.9 Å². The van der Waals surface area contributed by atoms with Crippen molar-refractivity contribution in [3.63, 3.8) is 0 Å². The van der Waals surface area contributed by atoms with E-state index in [0.717, 1.165) is 17.8 Å². The van der Waals surface area contributed by atoms with Gasteiger partial charge in [-0.25, -0.2) is 4.98 Å². The Morgan fingerprint density at radius 3 is 2.73 bits per heavy atom. The van der Waals surface area contributed by atoms with Crippen LogP contribution in [0.3, 0.4) is 0 Å². The van der Waals surface area contributed by atoms with E-state index in [0.29, 0.717) is 37.2 Å². The van der Waals surface area contributed by atoms with Crippen LogP contribution in [0.1, 0.15) is 46.2 Å². The summed E-state index contributed by atoms with van der Waals surface area (Å²) in [5.74, 6) is -0.348. The number of pyridine rings is 2. The third-order valence-electron chi connectivity index (χ3n) is 5.62. The normalized spacial score (nSPS) is 17.5. The van der Waals surface area contributed by atoms with Crippen molar-refractivity contribution in [3.05, 3.63) is 57.4 Å². The molecule has 30 heavy (non-hydrogen) atoms. The zero-order chi connectivity index (χ0) is 21.6. The number of nitrogens with one attached hydrogen (secondary N) is 1. The van der Waals surface area contributed by atoms with Gasteiger partial charge in [-0.15, -0.1) is 0 Å². The van der Waals surface area contributed by atoms with Gasteiger partial charge in [0.15, 0.2) is 0 Å². The molecular formula is C20H20F3N5O2. The molecule has 4 heterocycles. The van der Waals surface area contributed by atoms with Gasteiger partial charge in [0, 0.05) is 37.4 Å². The highest BCUT2D eigenvalue weighted by molar-refractivity contribution is 5.95. The molecule has 1 aliphatic rings. The third kappa shape index (κ3) is 3.57. The minimum atomic E-state index is -4.59. The van der Waals surface area contributed by atoms with E-state index in [4.69, 9.17) is 0 Å². The molecule has 1 amide bonds. The summed E-state index contributed by atoms with van der Waals surface area (Å²) in [7, 11) is 1.76. The van der Waals surface area contributed by atoms with Gasteiger partial charge in [0.05, 0.1) is 22.7 Å². The monoisotopic (exact) mass is 419 g/mol. The van der Waals surface area contributed by atoms with Crippen LogP contribution in [0, 0.1) is 6.92 Å². The number of halogens is 3. The number of aromatic amines is 1. The van der Waals surface area contributed by atoms with E-state index in [1.165, 1.54) is 12.3 Å². The largest absolute Gasteiger partial charge is 0.433 e. The molecule has 1 N–H and O–H groups in total. The van der Waals surface area contributed by atoms with Crippen LogP contribution >= 0.6 is 0 Å². The molecule has 1 fully saturated rings. The number of rotatable bonds is 2. The predicted octanol–water partition coefficient (Wildman–Crippen LogP) is 3.00. The maximum atomic E-state index is 13.0. The van der Waals surface area contributed by atoms with E-state index in [1.54, 1.807) is 16.6 Å². The lowest BCUT2D eigenvalue weighted by atomic mass is 9.93. The standard InChI is InChI=1S/C20H20F3N5O2/c1-11-14(9-24-27(11)2)19(30)28-7-3-4-12(10-28)15-8-16-13(18(29)26-15)5-6-17(25-16)20(21,22)23/h5-6,8-9,12H,3-4,7,10H2,1-2H3,(H,26,29)/t12-/m1/s1. The molecule has 10 heteroatoms. The number of carbonyl (C=O) groups is 1. The molecule has 0 aromatic carbocycles. The fraction of sp³-hybridized carbons (Fsp3) is 0.400. The highest BCUT2D eigenvalue weighted by atomic mass is 19.4. The molecule has 158 valence electrons. The Morgan fingerprint density at radius 1 is 1.30 bits per heavy atom. The van der Waals surface area contributed by atoms with Crippen LogP contribution in [0.2, 0.25) is 0 Å². The predicted molar refractivity (Wildman–Crippen MR) is 103 cm³/mol. The molecule has 4 rings (SSSR count). The van der Waals surface area contributed by atoms with Crippen molar-refractivity contribution < 1.29 is 18.0 Å². The molecule has 1 aliphatic heterocycles. The quantitative estimate of drug-likeness (QED) is 0.692. The summed E-state index contributed by atoms with van der Waals surface area (Å²) < 4.78 is 40.6. The van der Waals surface area contributed by atoms with E-state index < -0.39 is 17.4 Å². The van der Waals surface area contributed by atoms with Gasteiger partial charge >= 0.3 is 6.18 Å². The van der Waals surface area contributed by atoms with Gasteiger partial charge in [0.1, 0.15) is 5.69 Å². The summed E-state index contributed by atoms with van der Waals surface area (Å²) in [6, 6.07) is 3.42. The molecule has 3 aromatic rings. The number of fused-ring (bicyclic) bond motifs is 1. The van der Waals surface area contributed by atoms with Crippen LogP contribution < -0.4 is 5.56 Å². The van der Waals surface area contributed by atoms with Crippen LogP contribution in [0.5, 0.6) is 0 Å². The second-order valence-corrected chi connectivity index (χ2v) is 7.54. The van der Waals surface area contributed by atoms with E-state index in [1.807, 2.05) is 6.92 Å². The molecule has 1 atom stereocenters. The molecular weight excluding hydrogens is 399 g/mol. The number of likely N-dealkylation sites (tertiary alicyclic amines) is 1. The van der Waals surface area contributed by atoms with Crippen molar-refractivity contribution in [2.75, 3.05) is 13.1 Å². The van der Waals surface area contributed by atoms with Crippen molar-refractivity contribution in [2.24, 2.45) is 7.05 Å². The van der Waals surface area contributed by atoms with E-state index in [-0.39, 0.29) is 22.7 Å². The van der Waals surface area contributed by atoms with Crippen molar-refractivity contribution in [1.82, 2.24) is 24.6 Å². The minimum absolute atomic E-state index is 0.00451. The summed E-state index contributed by atoms with van der Waals surface area (Å²) in [5.41, 5.74) is 0.218. The molecule has 0 bridgehead atoms. The first-order valence-corrected chi connectivity index (χ1v) is 9.54. The summed E-state index contributed by atoms with van der Waals surface area (Å²) in [6.07, 6.45) is -1.64. The Morgan fingerprint density at radius 2 is 2.07 bits per heavy atom. The lowest BCUT2D eigenvalue weighted by molar-refractivity contribution is -0.140. The van der Waals surface area contributed by atoms with Gasteiger partial charge in [-0.2, -0.15) is 18.3 Å². The number of amides is 1. The van der Waals surface area contributed by atoms with Crippen molar-refractivity contribution >= 4 is 16.8 Å². The highest BCUT2D eigenvalue weighted by Gasteiger charge is 2.33. The first-order chi connectivity index (χ1) is 14.1. The number of piperidine rings is 1. The molecule has 0 spiro atoms. The van der Waals surface area contributed by atoms with Gasteiger partial charge in [-0.1, -0.05) is 0 Å². The van der Waals surface area contributed by atoms with E-state index >= 15 is 0 Å². The number of alkyl halides is 3. The van der Waals surface area contributed by atoms with Crippen LogP contribution in [-0.4, -0.2) is 43.6 Å². The maximum absolute atomic E-state index is 13.0.